The Kier molecular flexibility index (Phi) is 6.45. The fourth-order valence-corrected chi connectivity index (χ4v) is 3.66. The van der Waals surface area contributed by atoms with Gasteiger partial charge in [0.1, 0.15) is 5.69 Å². The molecule has 0 saturated carbocycles. The molecule has 0 spiro atoms. The molecular formula is C23H29N3O2. The number of nitrogens with one attached hydrogen (secondary N) is 1. The third-order valence-electron chi connectivity index (χ3n) is 5.30. The van der Waals surface area contributed by atoms with Gasteiger partial charge >= 0.3 is 0 Å². The minimum atomic E-state index is -0.290. The minimum absolute atomic E-state index is 0.0166. The minimum Gasteiger partial charge on any atom is -0.339 e. The van der Waals surface area contributed by atoms with Crippen molar-refractivity contribution < 1.29 is 9.59 Å². The maximum Gasteiger partial charge on any atom is 0.274 e. The van der Waals surface area contributed by atoms with Crippen LogP contribution in [0.4, 0.5) is 5.69 Å². The van der Waals surface area contributed by atoms with Crippen molar-refractivity contribution in [3.63, 3.8) is 0 Å². The number of amides is 2. The largest absolute Gasteiger partial charge is 0.339 e. The maximum atomic E-state index is 12.8. The summed E-state index contributed by atoms with van der Waals surface area (Å²) in [6, 6.07) is 9.31. The molecule has 0 atom stereocenters. The monoisotopic (exact) mass is 379 g/mol. The first-order valence-electron chi connectivity index (χ1n) is 10.1. The van der Waals surface area contributed by atoms with Gasteiger partial charge in [-0.05, 0) is 48.9 Å². The number of hydrogen-bond donors (Lipinski definition) is 1. The molecular weight excluding hydrogens is 350 g/mol. The lowest BCUT2D eigenvalue weighted by Crippen LogP contribution is -2.32. The van der Waals surface area contributed by atoms with Crippen molar-refractivity contribution in [3.8, 4) is 0 Å². The first kappa shape index (κ1) is 20.1. The van der Waals surface area contributed by atoms with E-state index in [0.29, 0.717) is 11.5 Å². The normalized spacial score (nSPS) is 14.6. The third-order valence-corrected chi connectivity index (χ3v) is 5.30. The fraction of sp³-hybridized carbons (Fsp3) is 0.435. The quantitative estimate of drug-likeness (QED) is 0.831. The van der Waals surface area contributed by atoms with E-state index in [1.54, 1.807) is 18.3 Å². The molecule has 1 aliphatic heterocycles. The number of carbonyl (C=O) groups excluding carboxylic acids is 2. The SMILES string of the molecule is Cc1cccc(C(C)C)c1NC(=O)c1cc(C(=O)N2CCCCCC2)ccn1. The van der Waals surface area contributed by atoms with Crippen LogP contribution in [0.1, 0.15) is 77.4 Å². The number of para-hydroxylation sites is 1. The van der Waals surface area contributed by atoms with Crippen molar-refractivity contribution >= 4 is 17.5 Å². The molecule has 5 nitrogen and oxygen atoms in total. The number of hydrogen-bond acceptors (Lipinski definition) is 3. The molecule has 0 bridgehead atoms. The lowest BCUT2D eigenvalue weighted by Gasteiger charge is -2.20. The lowest BCUT2D eigenvalue weighted by molar-refractivity contribution is 0.0761. The van der Waals surface area contributed by atoms with Gasteiger partial charge in [0.15, 0.2) is 0 Å². The molecule has 0 aliphatic carbocycles. The fourth-order valence-electron chi connectivity index (χ4n) is 3.66. The lowest BCUT2D eigenvalue weighted by atomic mass is 9.98. The average molecular weight is 380 g/mol. The van der Waals surface area contributed by atoms with E-state index in [-0.39, 0.29) is 17.5 Å². The number of carbonyl (C=O) groups is 2. The Morgan fingerprint density at radius 3 is 2.46 bits per heavy atom. The van der Waals surface area contributed by atoms with E-state index in [4.69, 9.17) is 0 Å². The topological polar surface area (TPSA) is 62.3 Å². The smallest absolute Gasteiger partial charge is 0.274 e. The van der Waals surface area contributed by atoms with Crippen LogP contribution >= 0.6 is 0 Å². The summed E-state index contributed by atoms with van der Waals surface area (Å²) in [4.78, 5) is 31.8. The Balaban J connectivity index is 1.80. The molecule has 2 aromatic rings. The number of benzene rings is 1. The number of pyridine rings is 1. The molecule has 1 aromatic heterocycles. The van der Waals surface area contributed by atoms with Gasteiger partial charge in [-0.15, -0.1) is 0 Å². The summed E-state index contributed by atoms with van der Waals surface area (Å²) in [6.45, 7) is 7.74. The zero-order chi connectivity index (χ0) is 20.1. The summed E-state index contributed by atoms with van der Waals surface area (Å²) < 4.78 is 0. The second-order valence-electron chi connectivity index (χ2n) is 7.78. The molecule has 148 valence electrons. The van der Waals surface area contributed by atoms with Gasteiger partial charge in [0.05, 0.1) is 0 Å². The average Bonchev–Trinajstić information content (AvgIpc) is 2.98. The van der Waals surface area contributed by atoms with Gasteiger partial charge in [-0.2, -0.15) is 0 Å². The predicted octanol–water partition coefficient (Wildman–Crippen LogP) is 4.78. The van der Waals surface area contributed by atoms with Gasteiger partial charge < -0.3 is 10.2 Å². The standard InChI is InChI=1S/C23H29N3O2/c1-16(2)19-10-8-9-17(3)21(19)25-22(27)20-15-18(11-12-24-20)23(28)26-13-6-4-5-7-14-26/h8-12,15-16H,4-7,13-14H2,1-3H3,(H,25,27). The van der Waals surface area contributed by atoms with Crippen LogP contribution in [0.15, 0.2) is 36.5 Å². The summed E-state index contributed by atoms with van der Waals surface area (Å²) in [5.41, 5.74) is 3.71. The Labute approximate surface area is 167 Å². The molecule has 3 rings (SSSR count). The Morgan fingerprint density at radius 1 is 1.07 bits per heavy atom. The van der Waals surface area contributed by atoms with Crippen molar-refractivity contribution in [2.24, 2.45) is 0 Å². The summed E-state index contributed by atoms with van der Waals surface area (Å²) in [7, 11) is 0. The maximum absolute atomic E-state index is 12.8. The molecule has 1 fully saturated rings. The zero-order valence-electron chi connectivity index (χ0n) is 17.0. The van der Waals surface area contributed by atoms with Crippen LogP contribution in [0.25, 0.3) is 0 Å². The number of rotatable bonds is 4. The van der Waals surface area contributed by atoms with Crippen molar-refractivity contribution in [3.05, 3.63) is 58.9 Å². The van der Waals surface area contributed by atoms with Crippen molar-refractivity contribution in [1.29, 1.82) is 0 Å². The molecule has 1 aromatic carbocycles. The molecule has 2 amide bonds. The summed E-state index contributed by atoms with van der Waals surface area (Å²) in [6.07, 6.45) is 5.96. The molecule has 1 saturated heterocycles. The van der Waals surface area contributed by atoms with Gasteiger partial charge in [-0.3, -0.25) is 14.6 Å². The second kappa shape index (κ2) is 9.00. The first-order chi connectivity index (χ1) is 13.5. The highest BCUT2D eigenvalue weighted by atomic mass is 16.2. The molecule has 1 N–H and O–H groups in total. The zero-order valence-corrected chi connectivity index (χ0v) is 17.0. The first-order valence-corrected chi connectivity index (χ1v) is 10.1. The van der Waals surface area contributed by atoms with Crippen LogP contribution in [0.2, 0.25) is 0 Å². The Morgan fingerprint density at radius 2 is 1.79 bits per heavy atom. The molecule has 0 unspecified atom stereocenters. The molecule has 28 heavy (non-hydrogen) atoms. The van der Waals surface area contributed by atoms with Crippen LogP contribution < -0.4 is 5.32 Å². The Bertz CT molecular complexity index is 853. The molecule has 5 heteroatoms. The number of likely N-dealkylation sites (tertiary alicyclic amines) is 1. The highest BCUT2D eigenvalue weighted by Gasteiger charge is 2.20. The number of aryl methyl sites for hydroxylation is 1. The van der Waals surface area contributed by atoms with E-state index in [9.17, 15) is 9.59 Å². The van der Waals surface area contributed by atoms with Gasteiger partial charge in [-0.1, -0.05) is 44.9 Å². The van der Waals surface area contributed by atoms with Gasteiger partial charge in [0.25, 0.3) is 11.8 Å². The number of anilines is 1. The highest BCUT2D eigenvalue weighted by molar-refractivity contribution is 6.05. The van der Waals surface area contributed by atoms with E-state index in [1.807, 2.05) is 30.0 Å². The number of aromatic nitrogens is 1. The van der Waals surface area contributed by atoms with E-state index < -0.39 is 0 Å². The van der Waals surface area contributed by atoms with E-state index in [2.05, 4.69) is 24.1 Å². The van der Waals surface area contributed by atoms with Gasteiger partial charge in [0.2, 0.25) is 0 Å². The van der Waals surface area contributed by atoms with Gasteiger partial charge in [-0.25, -0.2) is 0 Å². The van der Waals surface area contributed by atoms with Gasteiger partial charge in [0, 0.05) is 30.5 Å². The molecule has 2 heterocycles. The third kappa shape index (κ3) is 4.58. The van der Waals surface area contributed by atoms with Crippen molar-refractivity contribution in [2.75, 3.05) is 18.4 Å². The van der Waals surface area contributed by atoms with Crippen LogP contribution in [0.3, 0.4) is 0 Å². The summed E-state index contributed by atoms with van der Waals surface area (Å²) in [5.74, 6) is -0.0158. The van der Waals surface area contributed by atoms with Crippen LogP contribution in [0.5, 0.6) is 0 Å². The molecule has 1 aliphatic rings. The number of nitrogens with zero attached hydrogens (tertiary/aromatic N) is 2. The predicted molar refractivity (Wildman–Crippen MR) is 112 cm³/mol. The summed E-state index contributed by atoms with van der Waals surface area (Å²) in [5, 5.41) is 3.01. The van der Waals surface area contributed by atoms with Crippen molar-refractivity contribution in [2.45, 2.75) is 52.4 Å². The van der Waals surface area contributed by atoms with E-state index in [0.717, 1.165) is 42.7 Å². The van der Waals surface area contributed by atoms with Crippen LogP contribution in [0, 0.1) is 6.92 Å². The molecule has 0 radical (unpaired) electrons. The van der Waals surface area contributed by atoms with Crippen molar-refractivity contribution in [1.82, 2.24) is 9.88 Å². The van der Waals surface area contributed by atoms with E-state index >= 15 is 0 Å². The highest BCUT2D eigenvalue weighted by Crippen LogP contribution is 2.27. The van der Waals surface area contributed by atoms with Crippen LogP contribution in [-0.4, -0.2) is 34.8 Å². The second-order valence-corrected chi connectivity index (χ2v) is 7.78. The van der Waals surface area contributed by atoms with Crippen LogP contribution in [-0.2, 0) is 0 Å². The Hall–Kier alpha value is -2.69. The van der Waals surface area contributed by atoms with E-state index in [1.165, 1.54) is 12.8 Å². The summed E-state index contributed by atoms with van der Waals surface area (Å²) >= 11 is 0.